The van der Waals surface area contributed by atoms with Gasteiger partial charge in [-0.15, -0.1) is 12.6 Å². The Morgan fingerprint density at radius 2 is 1.74 bits per heavy atom. The lowest BCUT2D eigenvalue weighted by Crippen LogP contribution is -2.43. The molecule has 1 fully saturated rings. The molecule has 3 aliphatic heterocycles. The number of likely N-dealkylation sites (tertiary alicyclic amines) is 1. The van der Waals surface area contributed by atoms with E-state index in [0.29, 0.717) is 0 Å². The molecule has 0 atom stereocenters. The SMILES string of the molecule is CC1(C)CN(CCCN2CCCCC2)Cc2cc(Nc3nccc4c3CCN(c3ncccc3S)C4)ccc21. The fraction of sp³-hybridized carbons (Fsp3) is 0.500. The number of nitrogens with zero attached hydrogens (tertiary/aromatic N) is 5. The highest BCUT2D eigenvalue weighted by Gasteiger charge is 2.32. The molecule has 39 heavy (non-hydrogen) atoms. The van der Waals surface area contributed by atoms with Crippen molar-refractivity contribution in [1.29, 1.82) is 0 Å². The lowest BCUT2D eigenvalue weighted by Gasteiger charge is -2.40. The number of rotatable bonds is 7. The highest BCUT2D eigenvalue weighted by molar-refractivity contribution is 7.80. The van der Waals surface area contributed by atoms with Crippen LogP contribution in [0.5, 0.6) is 0 Å². The molecular formula is C32H42N6S. The van der Waals surface area contributed by atoms with Crippen LogP contribution in [0.25, 0.3) is 0 Å². The maximum Gasteiger partial charge on any atom is 0.142 e. The van der Waals surface area contributed by atoms with Gasteiger partial charge in [-0.2, -0.15) is 0 Å². The minimum absolute atomic E-state index is 0.155. The highest BCUT2D eigenvalue weighted by atomic mass is 32.1. The molecule has 0 amide bonds. The Morgan fingerprint density at radius 1 is 0.897 bits per heavy atom. The number of hydrogen-bond acceptors (Lipinski definition) is 7. The number of fused-ring (bicyclic) bond motifs is 2. The standard InChI is InChI=1S/C32H42N6S/c1-32(2)23-37(18-7-17-36-15-4-3-5-16-36)21-25-20-26(9-10-28(25)32)35-30-27-12-19-38(22-24(27)11-14-33-30)31-29(39)8-6-13-34-31/h6,8-11,13-14,20,39H,3-5,7,12,15-19,21-23H2,1-2H3,(H,33,35). The molecule has 0 spiro atoms. The van der Waals surface area contributed by atoms with Crippen molar-refractivity contribution in [3.8, 4) is 0 Å². The Balaban J connectivity index is 1.15. The van der Waals surface area contributed by atoms with Crippen molar-refractivity contribution in [3.05, 3.63) is 71.0 Å². The molecule has 5 heterocycles. The first-order valence-electron chi connectivity index (χ1n) is 14.7. The molecule has 3 aliphatic rings. The van der Waals surface area contributed by atoms with E-state index in [2.05, 4.69) is 75.7 Å². The molecule has 1 N–H and O–H groups in total. The summed E-state index contributed by atoms with van der Waals surface area (Å²) in [7, 11) is 0. The van der Waals surface area contributed by atoms with Crippen molar-refractivity contribution in [2.75, 3.05) is 49.5 Å². The van der Waals surface area contributed by atoms with Crippen LogP contribution < -0.4 is 10.2 Å². The number of hydrogen-bond donors (Lipinski definition) is 2. The zero-order valence-electron chi connectivity index (χ0n) is 23.5. The third-order valence-corrected chi connectivity index (χ3v) is 9.07. The van der Waals surface area contributed by atoms with Gasteiger partial charge in [0.2, 0.25) is 0 Å². The average Bonchev–Trinajstić information content (AvgIpc) is 2.93. The Morgan fingerprint density at radius 3 is 2.59 bits per heavy atom. The second kappa shape index (κ2) is 11.5. The molecule has 0 saturated carbocycles. The van der Waals surface area contributed by atoms with Gasteiger partial charge >= 0.3 is 0 Å². The largest absolute Gasteiger partial charge is 0.351 e. The minimum Gasteiger partial charge on any atom is -0.351 e. The molecule has 3 aromatic rings. The van der Waals surface area contributed by atoms with E-state index in [-0.39, 0.29) is 5.41 Å². The van der Waals surface area contributed by atoms with Crippen LogP contribution in [0.3, 0.4) is 0 Å². The van der Waals surface area contributed by atoms with E-state index in [0.717, 1.165) is 54.8 Å². The van der Waals surface area contributed by atoms with Crippen molar-refractivity contribution < 1.29 is 0 Å². The maximum atomic E-state index is 4.77. The number of benzene rings is 1. The van der Waals surface area contributed by atoms with Crippen LogP contribution in [0.4, 0.5) is 17.3 Å². The normalized spacial score (nSPS) is 19.4. The van der Waals surface area contributed by atoms with Crippen molar-refractivity contribution in [1.82, 2.24) is 19.8 Å². The Bertz CT molecular complexity index is 1300. The quantitative estimate of drug-likeness (QED) is 0.355. The molecule has 2 aromatic heterocycles. The second-order valence-electron chi connectivity index (χ2n) is 12.2. The van der Waals surface area contributed by atoms with E-state index in [4.69, 9.17) is 4.98 Å². The third-order valence-electron chi connectivity index (χ3n) is 8.72. The van der Waals surface area contributed by atoms with E-state index in [1.807, 2.05) is 24.5 Å². The van der Waals surface area contributed by atoms with Gasteiger partial charge in [0, 0.05) is 60.1 Å². The first-order chi connectivity index (χ1) is 19.0. The smallest absolute Gasteiger partial charge is 0.142 e. The van der Waals surface area contributed by atoms with Crippen LogP contribution in [0.2, 0.25) is 0 Å². The van der Waals surface area contributed by atoms with Gasteiger partial charge in [0.25, 0.3) is 0 Å². The molecule has 0 unspecified atom stereocenters. The minimum atomic E-state index is 0.155. The fourth-order valence-corrected chi connectivity index (χ4v) is 7.10. The number of nitrogens with one attached hydrogen (secondary N) is 1. The molecule has 0 aliphatic carbocycles. The van der Waals surface area contributed by atoms with Gasteiger partial charge in [0.1, 0.15) is 11.6 Å². The van der Waals surface area contributed by atoms with E-state index in [1.54, 1.807) is 0 Å². The number of aromatic nitrogens is 2. The summed E-state index contributed by atoms with van der Waals surface area (Å²) in [6.07, 6.45) is 10.1. The third kappa shape index (κ3) is 5.96. The van der Waals surface area contributed by atoms with Gasteiger partial charge < -0.3 is 15.1 Å². The lowest BCUT2D eigenvalue weighted by atomic mass is 9.78. The summed E-state index contributed by atoms with van der Waals surface area (Å²) in [5.74, 6) is 1.93. The second-order valence-corrected chi connectivity index (χ2v) is 12.6. The van der Waals surface area contributed by atoms with Crippen LogP contribution >= 0.6 is 12.6 Å². The van der Waals surface area contributed by atoms with Crippen LogP contribution in [-0.2, 0) is 24.9 Å². The molecule has 1 aromatic carbocycles. The van der Waals surface area contributed by atoms with Crippen molar-refractivity contribution in [2.24, 2.45) is 0 Å². The predicted molar refractivity (Wildman–Crippen MR) is 163 cm³/mol. The maximum absolute atomic E-state index is 4.77. The van der Waals surface area contributed by atoms with Gasteiger partial charge in [-0.3, -0.25) is 4.90 Å². The summed E-state index contributed by atoms with van der Waals surface area (Å²) in [5, 5.41) is 3.69. The van der Waals surface area contributed by atoms with Crippen LogP contribution in [0, 0.1) is 0 Å². The topological polar surface area (TPSA) is 47.5 Å². The Labute approximate surface area is 239 Å². The van der Waals surface area contributed by atoms with E-state index < -0.39 is 0 Å². The van der Waals surface area contributed by atoms with Gasteiger partial charge in [-0.1, -0.05) is 26.3 Å². The summed E-state index contributed by atoms with van der Waals surface area (Å²) in [6.45, 7) is 13.7. The average molecular weight is 543 g/mol. The fourth-order valence-electron chi connectivity index (χ4n) is 6.81. The zero-order chi connectivity index (χ0) is 26.8. The predicted octanol–water partition coefficient (Wildman–Crippen LogP) is 6.04. The summed E-state index contributed by atoms with van der Waals surface area (Å²) in [6, 6.07) is 13.0. The summed E-state index contributed by atoms with van der Waals surface area (Å²) < 4.78 is 0. The zero-order valence-corrected chi connectivity index (χ0v) is 24.4. The molecular weight excluding hydrogens is 500 g/mol. The van der Waals surface area contributed by atoms with Crippen molar-refractivity contribution in [2.45, 2.75) is 69.4 Å². The van der Waals surface area contributed by atoms with Crippen LogP contribution in [0.15, 0.2) is 53.7 Å². The number of thiol groups is 1. The van der Waals surface area contributed by atoms with Crippen LogP contribution in [0.1, 0.15) is 61.8 Å². The molecule has 0 radical (unpaired) electrons. The van der Waals surface area contributed by atoms with E-state index in [1.165, 1.54) is 74.1 Å². The molecule has 1 saturated heterocycles. The molecule has 206 valence electrons. The Kier molecular flexibility index (Phi) is 7.83. The Hall–Kier alpha value is -2.61. The number of pyridine rings is 2. The monoisotopic (exact) mass is 542 g/mol. The summed E-state index contributed by atoms with van der Waals surface area (Å²) in [5.41, 5.74) is 6.82. The van der Waals surface area contributed by atoms with Gasteiger partial charge in [0.15, 0.2) is 0 Å². The van der Waals surface area contributed by atoms with Gasteiger partial charge in [-0.25, -0.2) is 9.97 Å². The molecule has 6 nitrogen and oxygen atoms in total. The molecule has 7 heteroatoms. The summed E-state index contributed by atoms with van der Waals surface area (Å²) >= 11 is 4.63. The van der Waals surface area contributed by atoms with Crippen molar-refractivity contribution in [3.63, 3.8) is 0 Å². The lowest BCUT2D eigenvalue weighted by molar-refractivity contribution is 0.169. The number of anilines is 3. The van der Waals surface area contributed by atoms with Gasteiger partial charge in [-0.05, 0) is 98.9 Å². The summed E-state index contributed by atoms with van der Waals surface area (Å²) in [4.78, 5) is 17.9. The van der Waals surface area contributed by atoms with Crippen LogP contribution in [-0.4, -0.2) is 59.0 Å². The van der Waals surface area contributed by atoms with Gasteiger partial charge in [0.05, 0.1) is 0 Å². The highest BCUT2D eigenvalue weighted by Crippen LogP contribution is 2.36. The first kappa shape index (κ1) is 26.6. The van der Waals surface area contributed by atoms with E-state index in [9.17, 15) is 0 Å². The number of piperidine rings is 1. The molecule has 6 rings (SSSR count). The molecule has 0 bridgehead atoms. The van der Waals surface area contributed by atoms with E-state index >= 15 is 0 Å². The first-order valence-corrected chi connectivity index (χ1v) is 15.1. The van der Waals surface area contributed by atoms with Crippen molar-refractivity contribution >= 4 is 30.0 Å².